The summed E-state index contributed by atoms with van der Waals surface area (Å²) < 4.78 is 32.7. The maximum absolute atomic E-state index is 13.9. The van der Waals surface area contributed by atoms with E-state index in [1.165, 1.54) is 4.90 Å². The minimum Gasteiger partial charge on any atom is -0.457 e. The number of rotatable bonds is 12. The number of hydrogen-bond donors (Lipinski definition) is 1. The summed E-state index contributed by atoms with van der Waals surface area (Å²) in [6.45, 7) is 1.53. The van der Waals surface area contributed by atoms with E-state index in [2.05, 4.69) is 5.32 Å². The number of nitrogens with one attached hydrogen (secondary N) is 1. The molecule has 3 aromatic rings. The molecule has 1 fully saturated rings. The molecule has 8 nitrogen and oxygen atoms in total. The van der Waals surface area contributed by atoms with Crippen LogP contribution in [-0.2, 0) is 26.2 Å². The molecule has 1 atom stereocenters. The van der Waals surface area contributed by atoms with E-state index in [0.717, 1.165) is 48.2 Å². The van der Waals surface area contributed by atoms with Crippen molar-refractivity contribution in [3.05, 3.63) is 89.4 Å². The van der Waals surface area contributed by atoms with Gasteiger partial charge >= 0.3 is 0 Å². The summed E-state index contributed by atoms with van der Waals surface area (Å²) in [6.07, 6.45) is 6.55. The molecule has 0 bridgehead atoms. The first kappa shape index (κ1) is 31.4. The van der Waals surface area contributed by atoms with Crippen LogP contribution in [0.4, 0.5) is 5.69 Å². The monoisotopic (exact) mass is 611 g/mol. The third-order valence-electron chi connectivity index (χ3n) is 7.39. The summed E-state index contributed by atoms with van der Waals surface area (Å²) in [5, 5.41) is 3.70. The summed E-state index contributed by atoms with van der Waals surface area (Å²) in [5.41, 5.74) is 1.10. The summed E-state index contributed by atoms with van der Waals surface area (Å²) >= 11 is 6.08. The van der Waals surface area contributed by atoms with Gasteiger partial charge in [0.05, 0.1) is 11.9 Å². The Morgan fingerprint density at radius 3 is 2.14 bits per heavy atom. The fourth-order valence-corrected chi connectivity index (χ4v) is 6.14. The number of para-hydroxylation sites is 1. The van der Waals surface area contributed by atoms with Crippen molar-refractivity contribution < 1.29 is 22.7 Å². The van der Waals surface area contributed by atoms with Crippen LogP contribution in [0.3, 0.4) is 0 Å². The van der Waals surface area contributed by atoms with Crippen LogP contribution in [0, 0.1) is 0 Å². The Balaban J connectivity index is 1.57. The van der Waals surface area contributed by atoms with Crippen molar-refractivity contribution in [1.29, 1.82) is 0 Å². The lowest BCUT2D eigenvalue weighted by atomic mass is 9.95. The molecule has 1 aliphatic rings. The standard InChI is InChI=1S/C32H38ClN3O5S/c1-3-30(32(38)34-26-10-6-4-7-11-26)35(22-24-14-16-25(33)17-15-24)31(37)23-36(42(2,39)40)27-18-20-29(21-19-27)41-28-12-8-5-9-13-28/h5,8-9,12-21,26,30H,3-4,6-7,10-11,22-23H2,1-2H3,(H,34,38)/t30-/m1/s1. The second-order valence-electron chi connectivity index (χ2n) is 10.6. The number of carbonyl (C=O) groups excluding carboxylic acids is 2. The van der Waals surface area contributed by atoms with Crippen molar-refractivity contribution in [2.75, 3.05) is 17.1 Å². The molecule has 0 saturated heterocycles. The topological polar surface area (TPSA) is 96.0 Å². The lowest BCUT2D eigenvalue weighted by Crippen LogP contribution is -2.53. The lowest BCUT2D eigenvalue weighted by molar-refractivity contribution is -0.140. The van der Waals surface area contributed by atoms with E-state index in [4.69, 9.17) is 16.3 Å². The number of hydrogen-bond acceptors (Lipinski definition) is 5. The van der Waals surface area contributed by atoms with Crippen molar-refractivity contribution in [3.8, 4) is 11.5 Å². The molecule has 4 rings (SSSR count). The van der Waals surface area contributed by atoms with Gasteiger partial charge in [-0.05, 0) is 73.4 Å². The van der Waals surface area contributed by atoms with E-state index in [0.29, 0.717) is 28.6 Å². The van der Waals surface area contributed by atoms with Crippen LogP contribution in [0.2, 0.25) is 5.02 Å². The Bertz CT molecular complexity index is 1430. The number of carbonyl (C=O) groups is 2. The largest absolute Gasteiger partial charge is 0.457 e. The van der Waals surface area contributed by atoms with Crippen molar-refractivity contribution in [3.63, 3.8) is 0 Å². The van der Waals surface area contributed by atoms with Gasteiger partial charge in [-0.1, -0.05) is 68.1 Å². The Kier molecular flexibility index (Phi) is 10.9. The second kappa shape index (κ2) is 14.6. The smallest absolute Gasteiger partial charge is 0.244 e. The summed E-state index contributed by atoms with van der Waals surface area (Å²) in [5.74, 6) is 0.473. The van der Waals surface area contributed by atoms with Gasteiger partial charge in [0.1, 0.15) is 24.1 Å². The second-order valence-corrected chi connectivity index (χ2v) is 12.9. The molecule has 0 unspecified atom stereocenters. The minimum absolute atomic E-state index is 0.0805. The third-order valence-corrected chi connectivity index (χ3v) is 8.78. The van der Waals surface area contributed by atoms with Gasteiger partial charge in [-0.2, -0.15) is 0 Å². The van der Waals surface area contributed by atoms with Gasteiger partial charge in [0.25, 0.3) is 0 Å². The molecule has 0 radical (unpaired) electrons. The van der Waals surface area contributed by atoms with E-state index in [1.54, 1.807) is 48.5 Å². The highest BCUT2D eigenvalue weighted by Crippen LogP contribution is 2.26. The van der Waals surface area contributed by atoms with E-state index >= 15 is 0 Å². The summed E-state index contributed by atoms with van der Waals surface area (Å²) in [4.78, 5) is 28.9. The predicted molar refractivity (Wildman–Crippen MR) is 166 cm³/mol. The van der Waals surface area contributed by atoms with Crippen LogP contribution in [0.15, 0.2) is 78.9 Å². The first-order valence-corrected chi connectivity index (χ1v) is 16.5. The van der Waals surface area contributed by atoms with Gasteiger partial charge in [-0.25, -0.2) is 8.42 Å². The molecule has 3 aromatic carbocycles. The van der Waals surface area contributed by atoms with Gasteiger partial charge in [0.15, 0.2) is 0 Å². The van der Waals surface area contributed by atoms with Gasteiger partial charge in [-0.15, -0.1) is 0 Å². The van der Waals surface area contributed by atoms with E-state index in [9.17, 15) is 18.0 Å². The molecule has 10 heteroatoms. The van der Waals surface area contributed by atoms with E-state index in [1.807, 2.05) is 37.3 Å². The van der Waals surface area contributed by atoms with Crippen molar-refractivity contribution in [2.45, 2.75) is 64.1 Å². The van der Waals surface area contributed by atoms with Crippen LogP contribution in [0.1, 0.15) is 51.0 Å². The molecule has 0 aliphatic heterocycles. The molecular weight excluding hydrogens is 574 g/mol. The highest BCUT2D eigenvalue weighted by molar-refractivity contribution is 7.92. The molecule has 2 amide bonds. The van der Waals surface area contributed by atoms with Crippen molar-refractivity contribution in [2.24, 2.45) is 0 Å². The van der Waals surface area contributed by atoms with Crippen LogP contribution >= 0.6 is 11.6 Å². The molecule has 0 heterocycles. The first-order chi connectivity index (χ1) is 20.1. The Morgan fingerprint density at radius 2 is 1.55 bits per heavy atom. The average molecular weight is 612 g/mol. The maximum Gasteiger partial charge on any atom is 0.244 e. The van der Waals surface area contributed by atoms with E-state index < -0.39 is 28.5 Å². The Labute approximate surface area is 253 Å². The molecule has 0 aromatic heterocycles. The number of amides is 2. The number of ether oxygens (including phenoxy) is 1. The zero-order valence-corrected chi connectivity index (χ0v) is 25.6. The molecule has 1 saturated carbocycles. The number of halogens is 1. The zero-order valence-electron chi connectivity index (χ0n) is 24.0. The molecule has 42 heavy (non-hydrogen) atoms. The normalized spacial score (nSPS) is 14.5. The quantitative estimate of drug-likeness (QED) is 0.265. The fourth-order valence-electron chi connectivity index (χ4n) is 5.17. The van der Waals surface area contributed by atoms with Gasteiger partial charge in [-0.3, -0.25) is 13.9 Å². The number of benzene rings is 3. The Morgan fingerprint density at radius 1 is 0.929 bits per heavy atom. The minimum atomic E-state index is -3.85. The highest BCUT2D eigenvalue weighted by atomic mass is 35.5. The summed E-state index contributed by atoms with van der Waals surface area (Å²) in [7, 11) is -3.85. The number of sulfonamides is 1. The van der Waals surface area contributed by atoms with Gasteiger partial charge in [0.2, 0.25) is 21.8 Å². The average Bonchev–Trinajstić information content (AvgIpc) is 2.98. The van der Waals surface area contributed by atoms with Crippen LogP contribution in [0.25, 0.3) is 0 Å². The SMILES string of the molecule is CC[C@H](C(=O)NC1CCCCC1)N(Cc1ccc(Cl)cc1)C(=O)CN(c1ccc(Oc2ccccc2)cc1)S(C)(=O)=O. The predicted octanol–water partition coefficient (Wildman–Crippen LogP) is 6.15. The number of anilines is 1. The zero-order chi connectivity index (χ0) is 30.1. The highest BCUT2D eigenvalue weighted by Gasteiger charge is 2.32. The van der Waals surface area contributed by atoms with E-state index in [-0.39, 0.29) is 18.5 Å². The lowest BCUT2D eigenvalue weighted by Gasteiger charge is -2.34. The molecular formula is C32H38ClN3O5S. The fraction of sp³-hybridized carbons (Fsp3) is 0.375. The van der Waals surface area contributed by atoms with Crippen LogP contribution < -0.4 is 14.4 Å². The van der Waals surface area contributed by atoms with Crippen LogP contribution in [0.5, 0.6) is 11.5 Å². The summed E-state index contributed by atoms with van der Waals surface area (Å²) in [6, 6.07) is 22.1. The molecule has 1 N–H and O–H groups in total. The molecule has 0 spiro atoms. The van der Waals surface area contributed by atoms with Crippen molar-refractivity contribution in [1.82, 2.24) is 10.2 Å². The molecule has 224 valence electrons. The first-order valence-electron chi connectivity index (χ1n) is 14.3. The van der Waals surface area contributed by atoms with Gasteiger partial charge < -0.3 is 15.0 Å². The van der Waals surface area contributed by atoms with Gasteiger partial charge in [0, 0.05) is 17.6 Å². The maximum atomic E-state index is 13.9. The van der Waals surface area contributed by atoms with Crippen molar-refractivity contribution >= 4 is 39.1 Å². The Hall–Kier alpha value is -3.56. The molecule has 1 aliphatic carbocycles. The third kappa shape index (κ3) is 8.72. The van der Waals surface area contributed by atoms with Crippen LogP contribution in [-0.4, -0.2) is 50.0 Å². The number of nitrogens with zero attached hydrogens (tertiary/aromatic N) is 2.